The van der Waals surface area contributed by atoms with Gasteiger partial charge >= 0.3 is 0 Å². The summed E-state index contributed by atoms with van der Waals surface area (Å²) < 4.78 is 1.82. The van der Waals surface area contributed by atoms with Gasteiger partial charge in [-0.15, -0.1) is 0 Å². The summed E-state index contributed by atoms with van der Waals surface area (Å²) in [5.74, 6) is 0.0224. The van der Waals surface area contributed by atoms with Crippen LogP contribution in [0.1, 0.15) is 11.1 Å². The quantitative estimate of drug-likeness (QED) is 0.622. The molecule has 1 aromatic heterocycles. The van der Waals surface area contributed by atoms with Crippen LogP contribution in [-0.2, 0) is 29.6 Å². The monoisotopic (exact) mass is 445 g/mol. The Hall–Kier alpha value is -3.65. The number of piperazine rings is 2. The number of hydrogen-bond donors (Lipinski definition) is 2. The number of fused-ring (bicyclic) bond motifs is 1. The van der Waals surface area contributed by atoms with Gasteiger partial charge < -0.3 is 15.3 Å². The fraction of sp³-hybridized carbons (Fsp3) is 0.320. The zero-order valence-electron chi connectivity index (χ0n) is 18.5. The summed E-state index contributed by atoms with van der Waals surface area (Å²) in [6.07, 6.45) is 2.43. The molecule has 0 bridgehead atoms. The molecule has 0 radical (unpaired) electrons. The third-order valence-corrected chi connectivity index (χ3v) is 6.39. The molecule has 0 aliphatic carbocycles. The Balaban J connectivity index is 1.27. The zero-order chi connectivity index (χ0) is 22.9. The zero-order valence-corrected chi connectivity index (χ0v) is 18.5. The first-order valence-corrected chi connectivity index (χ1v) is 11.2. The average molecular weight is 446 g/mol. The van der Waals surface area contributed by atoms with Gasteiger partial charge in [0.1, 0.15) is 17.8 Å². The number of rotatable bonds is 5. The molecule has 170 valence electrons. The number of nitrogens with one attached hydrogen (secondary N) is 1. The summed E-state index contributed by atoms with van der Waals surface area (Å²) in [4.78, 5) is 30.0. The molecule has 5 rings (SSSR count). The number of phenolic OH excluding ortho intramolecular Hbond substituents is 1. The second-order valence-electron chi connectivity index (χ2n) is 8.76. The smallest absolute Gasteiger partial charge is 0.246 e. The summed E-state index contributed by atoms with van der Waals surface area (Å²) in [5, 5.41) is 17.0. The highest BCUT2D eigenvalue weighted by Crippen LogP contribution is 2.25. The molecule has 2 atom stereocenters. The van der Waals surface area contributed by atoms with Gasteiger partial charge in [0.2, 0.25) is 11.8 Å². The molecule has 8 heteroatoms. The van der Waals surface area contributed by atoms with Crippen LogP contribution in [-0.4, -0.2) is 68.2 Å². The molecule has 2 fully saturated rings. The van der Waals surface area contributed by atoms with Crippen LogP contribution in [0.5, 0.6) is 5.75 Å². The molecule has 0 spiro atoms. The van der Waals surface area contributed by atoms with Crippen molar-refractivity contribution in [2.75, 3.05) is 19.6 Å². The molecule has 3 aromatic rings. The van der Waals surface area contributed by atoms with Gasteiger partial charge in [0.25, 0.3) is 0 Å². The van der Waals surface area contributed by atoms with E-state index in [-0.39, 0.29) is 17.6 Å². The number of aromatic hydroxyl groups is 1. The van der Waals surface area contributed by atoms with Crippen LogP contribution in [0.3, 0.4) is 0 Å². The molecule has 2 aliphatic rings. The van der Waals surface area contributed by atoms with E-state index < -0.39 is 12.1 Å². The first-order valence-electron chi connectivity index (χ1n) is 11.2. The lowest BCUT2D eigenvalue weighted by Gasteiger charge is -2.45. The number of nitrogens with zero attached hydrogens (tertiary/aromatic N) is 4. The Morgan fingerprint density at radius 1 is 1.06 bits per heavy atom. The van der Waals surface area contributed by atoms with Crippen LogP contribution in [0.4, 0.5) is 0 Å². The van der Waals surface area contributed by atoms with E-state index in [0.717, 1.165) is 22.4 Å². The summed E-state index contributed by atoms with van der Waals surface area (Å²) >= 11 is 0. The van der Waals surface area contributed by atoms with E-state index in [1.807, 2.05) is 48.3 Å². The lowest BCUT2D eigenvalue weighted by Crippen LogP contribution is -2.69. The summed E-state index contributed by atoms with van der Waals surface area (Å²) in [7, 11) is 1.91. The van der Waals surface area contributed by atoms with Gasteiger partial charge in [-0.1, -0.05) is 42.5 Å². The minimum atomic E-state index is -0.576. The second kappa shape index (κ2) is 8.71. The highest BCUT2D eigenvalue weighted by Gasteiger charge is 2.43. The number of hydrogen-bond acceptors (Lipinski definition) is 5. The summed E-state index contributed by atoms with van der Waals surface area (Å²) in [6.45, 7) is 2.38. The minimum absolute atomic E-state index is 0.0429. The highest BCUT2D eigenvalue weighted by atomic mass is 16.3. The van der Waals surface area contributed by atoms with Gasteiger partial charge in [-0.25, -0.2) is 0 Å². The minimum Gasteiger partial charge on any atom is -0.508 e. The maximum atomic E-state index is 13.1. The third kappa shape index (κ3) is 4.34. The van der Waals surface area contributed by atoms with E-state index in [4.69, 9.17) is 0 Å². The average Bonchev–Trinajstić information content (AvgIpc) is 3.19. The normalized spacial score (nSPS) is 21.1. The van der Waals surface area contributed by atoms with Gasteiger partial charge in [0.05, 0.1) is 5.69 Å². The van der Waals surface area contributed by atoms with Crippen LogP contribution in [0.2, 0.25) is 0 Å². The Morgan fingerprint density at radius 2 is 1.82 bits per heavy atom. The molecular weight excluding hydrogens is 418 g/mol. The van der Waals surface area contributed by atoms with E-state index >= 15 is 0 Å². The topological polar surface area (TPSA) is 90.7 Å². The van der Waals surface area contributed by atoms with E-state index in [2.05, 4.69) is 15.3 Å². The fourth-order valence-electron chi connectivity index (χ4n) is 4.74. The molecule has 2 aromatic carbocycles. The Labute approximate surface area is 192 Å². The van der Waals surface area contributed by atoms with Crippen molar-refractivity contribution in [1.82, 2.24) is 24.9 Å². The first kappa shape index (κ1) is 21.2. The van der Waals surface area contributed by atoms with Crippen molar-refractivity contribution in [2.45, 2.75) is 25.0 Å². The summed E-state index contributed by atoms with van der Waals surface area (Å²) in [6, 6.07) is 15.7. The Bertz CT molecular complexity index is 1160. The van der Waals surface area contributed by atoms with Crippen molar-refractivity contribution < 1.29 is 14.7 Å². The third-order valence-electron chi connectivity index (χ3n) is 6.39. The predicted octanol–water partition coefficient (Wildman–Crippen LogP) is 1.55. The standard InChI is InChI=1S/C25H27N5O3/c1-28-14-19(23(27-28)18-5-3-2-4-6-18)15-29-11-12-30-22(16-29)24(32)26-21(25(30)33)13-17-7-9-20(31)10-8-17/h2-10,14,21-22,31H,11-13,15-16H2,1H3,(H,26,32)/t21-,22+/m0/s1. The molecule has 3 heterocycles. The number of carbonyl (C=O) groups excluding carboxylic acids is 2. The van der Waals surface area contributed by atoms with Gasteiger partial charge in [-0.3, -0.25) is 19.2 Å². The van der Waals surface area contributed by atoms with Crippen LogP contribution in [0, 0.1) is 0 Å². The Kier molecular flexibility index (Phi) is 5.60. The van der Waals surface area contributed by atoms with Crippen molar-refractivity contribution in [1.29, 1.82) is 0 Å². The van der Waals surface area contributed by atoms with E-state index in [1.165, 1.54) is 0 Å². The van der Waals surface area contributed by atoms with Crippen molar-refractivity contribution in [2.24, 2.45) is 7.05 Å². The summed E-state index contributed by atoms with van der Waals surface area (Å²) in [5.41, 5.74) is 4.01. The number of benzene rings is 2. The van der Waals surface area contributed by atoms with E-state index in [1.54, 1.807) is 29.2 Å². The van der Waals surface area contributed by atoms with Gasteiger partial charge in [0.15, 0.2) is 0 Å². The van der Waals surface area contributed by atoms with Crippen LogP contribution < -0.4 is 5.32 Å². The largest absolute Gasteiger partial charge is 0.508 e. The predicted molar refractivity (Wildman–Crippen MR) is 123 cm³/mol. The molecular formula is C25H27N5O3. The van der Waals surface area contributed by atoms with E-state index in [9.17, 15) is 14.7 Å². The second-order valence-corrected chi connectivity index (χ2v) is 8.76. The van der Waals surface area contributed by atoms with Gasteiger partial charge in [-0.2, -0.15) is 5.10 Å². The first-order chi connectivity index (χ1) is 16.0. The molecule has 0 saturated carbocycles. The number of aryl methyl sites for hydroxylation is 1. The maximum absolute atomic E-state index is 13.1. The van der Waals surface area contributed by atoms with Crippen molar-refractivity contribution in [3.05, 3.63) is 71.9 Å². The van der Waals surface area contributed by atoms with Gasteiger partial charge in [-0.05, 0) is 17.7 Å². The lowest BCUT2D eigenvalue weighted by atomic mass is 9.98. The molecule has 33 heavy (non-hydrogen) atoms. The van der Waals surface area contributed by atoms with Crippen molar-refractivity contribution in [3.63, 3.8) is 0 Å². The maximum Gasteiger partial charge on any atom is 0.246 e. The van der Waals surface area contributed by atoms with Crippen LogP contribution >= 0.6 is 0 Å². The Morgan fingerprint density at radius 3 is 2.58 bits per heavy atom. The van der Waals surface area contributed by atoms with Crippen LogP contribution in [0.25, 0.3) is 11.3 Å². The molecule has 2 saturated heterocycles. The van der Waals surface area contributed by atoms with Gasteiger partial charge in [0, 0.05) is 57.0 Å². The molecule has 2 amide bonds. The highest BCUT2D eigenvalue weighted by molar-refractivity contribution is 5.97. The number of amides is 2. The van der Waals surface area contributed by atoms with Crippen molar-refractivity contribution in [3.8, 4) is 17.0 Å². The molecule has 8 nitrogen and oxygen atoms in total. The van der Waals surface area contributed by atoms with E-state index in [0.29, 0.717) is 32.6 Å². The molecule has 2 aliphatic heterocycles. The van der Waals surface area contributed by atoms with Crippen LogP contribution in [0.15, 0.2) is 60.8 Å². The molecule has 0 unspecified atom stereocenters. The lowest BCUT2D eigenvalue weighted by molar-refractivity contribution is -0.153. The number of phenols is 1. The molecule has 2 N–H and O–H groups in total. The SMILES string of the molecule is Cn1cc(CN2CCN3C(=O)[C@H](Cc4ccc(O)cc4)NC(=O)[C@H]3C2)c(-c2ccccc2)n1. The fourth-order valence-corrected chi connectivity index (χ4v) is 4.74. The number of aromatic nitrogens is 2. The number of carbonyl (C=O) groups is 2. The van der Waals surface area contributed by atoms with Crippen molar-refractivity contribution >= 4 is 11.8 Å².